The molecule has 2 aliphatic rings. The van der Waals surface area contributed by atoms with Crippen LogP contribution in [-0.4, -0.2) is 85.2 Å². The number of fused-ring (bicyclic) bond motifs is 2. The molecule has 0 bridgehead atoms. The van der Waals surface area contributed by atoms with Gasteiger partial charge >= 0.3 is 6.18 Å². The number of hydrogen-bond donors (Lipinski definition) is 1. The van der Waals surface area contributed by atoms with E-state index in [0.717, 1.165) is 23.8 Å². The Bertz CT molecular complexity index is 2260. The molecule has 5 aromatic rings. The average molecular weight is 722 g/mol. The van der Waals surface area contributed by atoms with Crippen molar-refractivity contribution in [3.63, 3.8) is 0 Å². The maximum atomic E-state index is 14.2. The van der Waals surface area contributed by atoms with Gasteiger partial charge in [0.05, 0.1) is 46.3 Å². The van der Waals surface area contributed by atoms with Gasteiger partial charge in [-0.2, -0.15) is 22.7 Å². The van der Waals surface area contributed by atoms with Crippen LogP contribution in [0.5, 0.6) is 0 Å². The molecule has 264 valence electrons. The van der Waals surface area contributed by atoms with E-state index in [1.165, 1.54) is 4.52 Å². The highest BCUT2D eigenvalue weighted by atomic mass is 35.5. The number of nitrogens with one attached hydrogen (secondary N) is 1. The van der Waals surface area contributed by atoms with Gasteiger partial charge in [0.2, 0.25) is 11.7 Å². The zero-order valence-electron chi connectivity index (χ0n) is 27.3. The van der Waals surface area contributed by atoms with E-state index >= 15 is 0 Å². The molecule has 6 heterocycles. The molecule has 17 heteroatoms. The number of carbonyl (C=O) groups is 2. The van der Waals surface area contributed by atoms with E-state index in [-0.39, 0.29) is 28.9 Å². The summed E-state index contributed by atoms with van der Waals surface area (Å²) in [4.78, 5) is 58.3. The van der Waals surface area contributed by atoms with Crippen molar-refractivity contribution in [2.45, 2.75) is 32.5 Å². The lowest BCUT2D eigenvalue weighted by molar-refractivity contribution is -0.137. The fraction of sp³-hybridized carbons (Fsp3) is 0.324. The van der Waals surface area contributed by atoms with E-state index in [9.17, 15) is 27.6 Å². The van der Waals surface area contributed by atoms with E-state index in [1.807, 2.05) is 17.9 Å². The molecule has 13 nitrogen and oxygen atoms in total. The number of carbonyl (C=O) groups excluding carboxylic acids is 2. The molecule has 1 fully saturated rings. The minimum absolute atomic E-state index is 0.00233. The largest absolute Gasteiger partial charge is 0.416 e. The van der Waals surface area contributed by atoms with Crippen LogP contribution in [0.1, 0.15) is 40.8 Å². The number of piperazine rings is 1. The number of amides is 2. The van der Waals surface area contributed by atoms with E-state index in [0.29, 0.717) is 86.0 Å². The standard InChI is InChI=1S/C34H31ClF3N9O4/c1-2-26-29(44-12-14-45(15-13-44)31(49)22-7-11-39-25-4-3-10-40-28(22)25)32(50)47-33(42-30(43-47)20-8-16-51-17-9-20)46(26)19-27(48)41-24-6-5-21(18-23(24)35)34(36,37)38/h3-8,10-11,18H,2,9,12-17,19H2,1H3,(H,41,48). The summed E-state index contributed by atoms with van der Waals surface area (Å²) in [5.74, 6) is -0.356. The number of nitrogens with zero attached hydrogens (tertiary/aromatic N) is 8. The van der Waals surface area contributed by atoms with Crippen molar-refractivity contribution in [3.05, 3.63) is 92.9 Å². The van der Waals surface area contributed by atoms with Crippen molar-refractivity contribution in [1.82, 2.24) is 34.0 Å². The van der Waals surface area contributed by atoms with E-state index in [1.54, 1.807) is 40.1 Å². The smallest absolute Gasteiger partial charge is 0.377 e. The van der Waals surface area contributed by atoms with Crippen LogP contribution in [0.2, 0.25) is 5.02 Å². The number of halogens is 4. The second-order valence-corrected chi connectivity index (χ2v) is 12.4. The minimum Gasteiger partial charge on any atom is -0.377 e. The fourth-order valence-corrected chi connectivity index (χ4v) is 6.61. The summed E-state index contributed by atoms with van der Waals surface area (Å²) in [6.07, 6.45) is 1.27. The molecule has 0 spiro atoms. The van der Waals surface area contributed by atoms with Crippen LogP contribution < -0.4 is 15.8 Å². The van der Waals surface area contributed by atoms with E-state index < -0.39 is 23.2 Å². The molecule has 4 aromatic heterocycles. The molecule has 51 heavy (non-hydrogen) atoms. The lowest BCUT2D eigenvalue weighted by Gasteiger charge is -2.37. The van der Waals surface area contributed by atoms with Gasteiger partial charge in [-0.25, -0.2) is 0 Å². The molecule has 0 unspecified atom stereocenters. The summed E-state index contributed by atoms with van der Waals surface area (Å²) in [6.45, 7) is 3.55. The predicted octanol–water partition coefficient (Wildman–Crippen LogP) is 4.47. The summed E-state index contributed by atoms with van der Waals surface area (Å²) < 4.78 is 47.8. The molecule has 1 saturated heterocycles. The summed E-state index contributed by atoms with van der Waals surface area (Å²) in [7, 11) is 0. The second-order valence-electron chi connectivity index (χ2n) is 12.0. The lowest BCUT2D eigenvalue weighted by atomic mass is 10.1. The van der Waals surface area contributed by atoms with Crippen LogP contribution >= 0.6 is 11.6 Å². The molecule has 1 aromatic carbocycles. The molecule has 0 aliphatic carbocycles. The van der Waals surface area contributed by atoms with Gasteiger partial charge in [0, 0.05) is 38.6 Å². The molecule has 0 radical (unpaired) electrons. The third kappa shape index (κ3) is 6.63. The molecule has 2 aliphatic heterocycles. The first-order valence-corrected chi connectivity index (χ1v) is 16.6. The summed E-state index contributed by atoms with van der Waals surface area (Å²) in [5.41, 5.74) is 1.78. The molecular weight excluding hydrogens is 691 g/mol. The quantitative estimate of drug-likeness (QED) is 0.258. The van der Waals surface area contributed by atoms with Gasteiger partial charge in [-0.05, 0) is 54.8 Å². The van der Waals surface area contributed by atoms with Gasteiger partial charge < -0.3 is 24.4 Å². The van der Waals surface area contributed by atoms with Gasteiger partial charge in [0.25, 0.3) is 11.5 Å². The molecular formula is C34H31ClF3N9O4. The summed E-state index contributed by atoms with van der Waals surface area (Å²) in [6, 6.07) is 7.85. The van der Waals surface area contributed by atoms with Crippen LogP contribution in [0.4, 0.5) is 24.5 Å². The Morgan fingerprint density at radius 2 is 1.86 bits per heavy atom. The zero-order valence-corrected chi connectivity index (χ0v) is 28.0. The molecule has 0 saturated carbocycles. The minimum atomic E-state index is -4.60. The molecule has 7 rings (SSSR count). The van der Waals surface area contributed by atoms with Crippen LogP contribution in [0.15, 0.2) is 59.7 Å². The average Bonchev–Trinajstić information content (AvgIpc) is 3.59. The number of pyridine rings is 2. The topological polar surface area (TPSA) is 140 Å². The first-order valence-electron chi connectivity index (χ1n) is 16.2. The van der Waals surface area contributed by atoms with Gasteiger partial charge in [0.15, 0.2) is 5.82 Å². The van der Waals surface area contributed by atoms with Crippen molar-refractivity contribution in [2.24, 2.45) is 0 Å². The normalized spacial score (nSPS) is 15.4. The maximum absolute atomic E-state index is 14.2. The first-order chi connectivity index (χ1) is 24.5. The first kappa shape index (κ1) is 34.1. The van der Waals surface area contributed by atoms with Crippen molar-refractivity contribution in [2.75, 3.05) is 49.6 Å². The number of anilines is 2. The Morgan fingerprint density at radius 1 is 1.06 bits per heavy atom. The predicted molar refractivity (Wildman–Crippen MR) is 183 cm³/mol. The number of ether oxygens (including phenoxy) is 1. The van der Waals surface area contributed by atoms with Gasteiger partial charge in [0.1, 0.15) is 17.7 Å². The van der Waals surface area contributed by atoms with Gasteiger partial charge in [-0.1, -0.05) is 24.6 Å². The highest BCUT2D eigenvalue weighted by molar-refractivity contribution is 6.33. The zero-order chi connectivity index (χ0) is 35.9. The van der Waals surface area contributed by atoms with Crippen molar-refractivity contribution >= 4 is 57.2 Å². The number of rotatable bonds is 7. The highest BCUT2D eigenvalue weighted by Crippen LogP contribution is 2.34. The molecule has 0 atom stereocenters. The Labute approximate surface area is 293 Å². The number of benzene rings is 1. The Morgan fingerprint density at radius 3 is 2.57 bits per heavy atom. The summed E-state index contributed by atoms with van der Waals surface area (Å²) in [5, 5.41) is 6.88. The second kappa shape index (κ2) is 13.8. The van der Waals surface area contributed by atoms with E-state index in [2.05, 4.69) is 25.4 Å². The van der Waals surface area contributed by atoms with Crippen LogP contribution in [0.3, 0.4) is 0 Å². The van der Waals surface area contributed by atoms with Crippen LogP contribution in [0, 0.1) is 0 Å². The number of aromatic nitrogens is 6. The lowest BCUT2D eigenvalue weighted by Crippen LogP contribution is -2.51. The Kier molecular flexibility index (Phi) is 9.20. The van der Waals surface area contributed by atoms with Crippen molar-refractivity contribution in [1.29, 1.82) is 0 Å². The van der Waals surface area contributed by atoms with E-state index in [4.69, 9.17) is 16.3 Å². The van der Waals surface area contributed by atoms with Crippen LogP contribution in [0.25, 0.3) is 22.4 Å². The highest BCUT2D eigenvalue weighted by Gasteiger charge is 2.32. The van der Waals surface area contributed by atoms with Gasteiger partial charge in [-0.3, -0.25) is 24.4 Å². The van der Waals surface area contributed by atoms with Crippen molar-refractivity contribution in [3.8, 4) is 0 Å². The SMILES string of the molecule is CCc1c(N2CCN(C(=O)c3ccnc4cccnc34)CC2)c(=O)n2nc(C3=CCOCC3)nc2n1CC(=O)Nc1ccc(C(F)(F)F)cc1Cl. The van der Waals surface area contributed by atoms with Gasteiger partial charge in [-0.15, -0.1) is 5.10 Å². The maximum Gasteiger partial charge on any atom is 0.416 e. The third-order valence-corrected chi connectivity index (χ3v) is 9.21. The number of alkyl halides is 3. The Balaban J connectivity index is 1.22. The Hall–Kier alpha value is -5.35. The van der Waals surface area contributed by atoms with Crippen molar-refractivity contribution < 1.29 is 27.5 Å². The number of hydrogen-bond acceptors (Lipinski definition) is 9. The molecule has 1 N–H and O–H groups in total. The monoisotopic (exact) mass is 721 g/mol. The molecule has 2 amide bonds. The van der Waals surface area contributed by atoms with Crippen LogP contribution in [-0.2, 0) is 28.7 Å². The third-order valence-electron chi connectivity index (χ3n) is 8.89. The summed E-state index contributed by atoms with van der Waals surface area (Å²) >= 11 is 6.13. The fourth-order valence-electron chi connectivity index (χ4n) is 6.38.